The summed E-state index contributed by atoms with van der Waals surface area (Å²) in [5.41, 5.74) is 1.17. The average molecular weight is 255 g/mol. The number of benzene rings is 1. The van der Waals surface area contributed by atoms with Crippen LogP contribution >= 0.6 is 11.8 Å². The molecule has 1 aromatic rings. The first-order valence-corrected chi connectivity index (χ1v) is 7.54. The summed E-state index contributed by atoms with van der Waals surface area (Å²) in [6, 6.07) is 7.14. The molecule has 1 nitrogen and oxygen atoms in total. The van der Waals surface area contributed by atoms with E-state index in [1.807, 2.05) is 23.9 Å². The van der Waals surface area contributed by atoms with Crippen molar-refractivity contribution in [1.82, 2.24) is 5.32 Å². The van der Waals surface area contributed by atoms with Gasteiger partial charge in [0.15, 0.2) is 0 Å². The minimum Gasteiger partial charge on any atom is -0.310 e. The summed E-state index contributed by atoms with van der Waals surface area (Å²) in [5.74, 6) is 1.67. The molecule has 17 heavy (non-hydrogen) atoms. The molecule has 0 spiro atoms. The molecule has 0 saturated heterocycles. The number of nitrogens with one attached hydrogen (secondary N) is 1. The minimum absolute atomic E-state index is 0.167. The monoisotopic (exact) mass is 255 g/mol. The molecule has 0 aliphatic heterocycles. The predicted octanol–water partition coefficient (Wildman–Crippen LogP) is 3.87. The van der Waals surface area contributed by atoms with Crippen LogP contribution in [0.1, 0.15) is 31.9 Å². The van der Waals surface area contributed by atoms with E-state index in [2.05, 4.69) is 25.4 Å². The molecule has 0 aromatic heterocycles. The summed E-state index contributed by atoms with van der Waals surface area (Å²) in [6.07, 6.45) is 3.16. The second-order valence-electron chi connectivity index (χ2n) is 4.48. The normalized spacial score (nSPS) is 14.6. The second-order valence-corrected chi connectivity index (χ2v) is 5.39. The fraction of sp³-hybridized carbons (Fsp3) is 0.571. The molecule has 1 N–H and O–H groups in total. The van der Waals surface area contributed by atoms with Gasteiger partial charge < -0.3 is 5.32 Å². The van der Waals surface area contributed by atoms with E-state index < -0.39 is 0 Å². The lowest BCUT2D eigenvalue weighted by Crippen LogP contribution is -2.26. The van der Waals surface area contributed by atoms with Crippen molar-refractivity contribution in [3.63, 3.8) is 0 Å². The Balaban J connectivity index is 2.51. The molecule has 1 rings (SSSR count). The zero-order chi connectivity index (χ0) is 12.7. The quantitative estimate of drug-likeness (QED) is 0.794. The smallest absolute Gasteiger partial charge is 0.123 e. The maximum Gasteiger partial charge on any atom is 0.123 e. The highest BCUT2D eigenvalue weighted by molar-refractivity contribution is 7.98. The Labute approximate surface area is 108 Å². The Hall–Kier alpha value is -0.540. The van der Waals surface area contributed by atoms with Crippen molar-refractivity contribution < 1.29 is 4.39 Å². The van der Waals surface area contributed by atoms with Gasteiger partial charge in [0, 0.05) is 6.04 Å². The zero-order valence-corrected chi connectivity index (χ0v) is 11.7. The first-order valence-electron chi connectivity index (χ1n) is 6.15. The maximum atomic E-state index is 12.8. The Morgan fingerprint density at radius 2 is 1.94 bits per heavy atom. The lowest BCUT2D eigenvalue weighted by atomic mass is 10.0. The number of hydrogen-bond acceptors (Lipinski definition) is 2. The van der Waals surface area contributed by atoms with Crippen LogP contribution in [0.5, 0.6) is 0 Å². The Morgan fingerprint density at radius 1 is 1.29 bits per heavy atom. The van der Waals surface area contributed by atoms with Crippen molar-refractivity contribution in [2.45, 2.75) is 26.3 Å². The molecule has 2 atom stereocenters. The zero-order valence-electron chi connectivity index (χ0n) is 10.9. The largest absolute Gasteiger partial charge is 0.310 e. The van der Waals surface area contributed by atoms with E-state index >= 15 is 0 Å². The first kappa shape index (κ1) is 14.5. The van der Waals surface area contributed by atoms with E-state index in [0.717, 1.165) is 13.0 Å². The van der Waals surface area contributed by atoms with Gasteiger partial charge in [-0.25, -0.2) is 4.39 Å². The minimum atomic E-state index is -0.167. The Bertz CT molecular complexity index is 313. The molecule has 0 heterocycles. The van der Waals surface area contributed by atoms with Crippen molar-refractivity contribution in [1.29, 1.82) is 0 Å². The SMILES string of the molecule is CCC(NCC(C)CSC)c1ccc(F)cc1. The van der Waals surface area contributed by atoms with Crippen LogP contribution in [0, 0.1) is 11.7 Å². The molecule has 1 aromatic carbocycles. The molecule has 2 unspecified atom stereocenters. The predicted molar refractivity (Wildman–Crippen MR) is 75.0 cm³/mol. The number of thioether (sulfide) groups is 1. The van der Waals surface area contributed by atoms with Crippen LogP contribution < -0.4 is 5.32 Å². The second kappa shape index (κ2) is 7.72. The standard InChI is InChI=1S/C14H22FNS/c1-4-14(16-9-11(2)10-17-3)12-5-7-13(15)8-6-12/h5-8,11,14,16H,4,9-10H2,1-3H3. The highest BCUT2D eigenvalue weighted by Crippen LogP contribution is 2.17. The van der Waals surface area contributed by atoms with Gasteiger partial charge in [0.1, 0.15) is 5.82 Å². The summed E-state index contributed by atoms with van der Waals surface area (Å²) < 4.78 is 12.8. The Kier molecular flexibility index (Phi) is 6.60. The molecule has 0 fully saturated rings. The molecule has 0 radical (unpaired) electrons. The van der Waals surface area contributed by atoms with Crippen molar-refractivity contribution in [3.8, 4) is 0 Å². The summed E-state index contributed by atoms with van der Waals surface area (Å²) in [6.45, 7) is 5.41. The third-order valence-corrected chi connectivity index (χ3v) is 3.75. The fourth-order valence-electron chi connectivity index (χ4n) is 1.88. The number of hydrogen-bond donors (Lipinski definition) is 1. The molecular weight excluding hydrogens is 233 g/mol. The van der Waals surface area contributed by atoms with Gasteiger partial charge in [-0.2, -0.15) is 11.8 Å². The van der Waals surface area contributed by atoms with Gasteiger partial charge in [-0.05, 0) is 48.6 Å². The summed E-state index contributed by atoms with van der Waals surface area (Å²) in [7, 11) is 0. The third-order valence-electron chi connectivity index (χ3n) is 2.84. The molecule has 0 aliphatic carbocycles. The maximum absolute atomic E-state index is 12.8. The average Bonchev–Trinajstić information content (AvgIpc) is 2.32. The lowest BCUT2D eigenvalue weighted by Gasteiger charge is -2.20. The number of halogens is 1. The molecular formula is C14H22FNS. The van der Waals surface area contributed by atoms with E-state index in [9.17, 15) is 4.39 Å². The van der Waals surface area contributed by atoms with E-state index in [4.69, 9.17) is 0 Å². The molecule has 3 heteroatoms. The van der Waals surface area contributed by atoms with E-state index in [0.29, 0.717) is 12.0 Å². The van der Waals surface area contributed by atoms with E-state index in [1.165, 1.54) is 23.4 Å². The summed E-state index contributed by atoms with van der Waals surface area (Å²) in [5, 5.41) is 3.55. The van der Waals surface area contributed by atoms with Gasteiger partial charge in [-0.3, -0.25) is 0 Å². The summed E-state index contributed by atoms with van der Waals surface area (Å²) in [4.78, 5) is 0. The molecule has 0 amide bonds. The van der Waals surface area contributed by atoms with Crippen LogP contribution in [0.25, 0.3) is 0 Å². The molecule has 0 aliphatic rings. The number of rotatable bonds is 7. The highest BCUT2D eigenvalue weighted by atomic mass is 32.2. The first-order chi connectivity index (χ1) is 8.17. The van der Waals surface area contributed by atoms with Gasteiger partial charge in [-0.1, -0.05) is 26.0 Å². The van der Waals surface area contributed by atoms with Crippen LogP contribution in [0.15, 0.2) is 24.3 Å². The van der Waals surface area contributed by atoms with Crippen molar-refractivity contribution in [2.75, 3.05) is 18.6 Å². The van der Waals surface area contributed by atoms with Gasteiger partial charge in [-0.15, -0.1) is 0 Å². The van der Waals surface area contributed by atoms with Crippen molar-refractivity contribution in [2.24, 2.45) is 5.92 Å². The van der Waals surface area contributed by atoms with Gasteiger partial charge in [0.05, 0.1) is 0 Å². The van der Waals surface area contributed by atoms with Crippen LogP contribution in [0.4, 0.5) is 4.39 Å². The molecule has 0 saturated carbocycles. The van der Waals surface area contributed by atoms with Crippen molar-refractivity contribution in [3.05, 3.63) is 35.6 Å². The highest BCUT2D eigenvalue weighted by Gasteiger charge is 2.10. The summed E-state index contributed by atoms with van der Waals surface area (Å²) >= 11 is 1.88. The van der Waals surface area contributed by atoms with Gasteiger partial charge in [0.2, 0.25) is 0 Å². The van der Waals surface area contributed by atoms with Crippen LogP contribution in [-0.2, 0) is 0 Å². The van der Waals surface area contributed by atoms with Crippen LogP contribution in [0.2, 0.25) is 0 Å². The molecule has 96 valence electrons. The fourth-order valence-corrected chi connectivity index (χ4v) is 2.57. The van der Waals surface area contributed by atoms with E-state index in [1.54, 1.807) is 0 Å². The van der Waals surface area contributed by atoms with Crippen molar-refractivity contribution >= 4 is 11.8 Å². The van der Waals surface area contributed by atoms with Crippen LogP contribution in [-0.4, -0.2) is 18.6 Å². The van der Waals surface area contributed by atoms with Gasteiger partial charge >= 0.3 is 0 Å². The lowest BCUT2D eigenvalue weighted by molar-refractivity contribution is 0.467. The van der Waals surface area contributed by atoms with Crippen LogP contribution in [0.3, 0.4) is 0 Å². The molecule has 0 bridgehead atoms. The van der Waals surface area contributed by atoms with Gasteiger partial charge in [0.25, 0.3) is 0 Å². The third kappa shape index (κ3) is 5.09. The Morgan fingerprint density at radius 3 is 2.47 bits per heavy atom. The van der Waals surface area contributed by atoms with E-state index in [-0.39, 0.29) is 5.82 Å². The topological polar surface area (TPSA) is 12.0 Å².